The molecule has 2 N–H and O–H groups in total. The number of amides is 1. The van der Waals surface area contributed by atoms with Crippen LogP contribution in [0.5, 0.6) is 5.75 Å². The lowest BCUT2D eigenvalue weighted by Gasteiger charge is -2.14. The van der Waals surface area contributed by atoms with Crippen LogP contribution < -0.4 is 10.1 Å². The fraction of sp³-hybridized carbons (Fsp3) is 0.154. The van der Waals surface area contributed by atoms with E-state index in [0.29, 0.717) is 11.3 Å². The number of hydrogen-bond acceptors (Lipinski definition) is 4. The SMILES string of the molecule is COc1ccc(C(=O)O)c(C#CCNC(=O)OCC2c3ccccc3-c3ccccc32)c1. The van der Waals surface area contributed by atoms with Gasteiger partial charge >= 0.3 is 12.1 Å². The molecule has 0 aliphatic heterocycles. The third-order valence-corrected chi connectivity index (χ3v) is 5.34. The van der Waals surface area contributed by atoms with Gasteiger partial charge in [0.05, 0.1) is 19.2 Å². The van der Waals surface area contributed by atoms with E-state index in [9.17, 15) is 14.7 Å². The van der Waals surface area contributed by atoms with Crippen LogP contribution in [0.1, 0.15) is 33.0 Å². The van der Waals surface area contributed by atoms with Crippen molar-refractivity contribution in [2.75, 3.05) is 20.3 Å². The van der Waals surface area contributed by atoms with Crippen LogP contribution in [0.3, 0.4) is 0 Å². The third kappa shape index (κ3) is 4.28. The zero-order chi connectivity index (χ0) is 22.5. The molecule has 0 fully saturated rings. The fourth-order valence-electron chi connectivity index (χ4n) is 3.85. The standard InChI is InChI=1S/C26H21NO5/c1-31-18-12-13-19(25(28)29)17(15-18)7-6-14-27-26(30)32-16-24-22-10-4-2-8-20(22)21-9-3-5-11-23(21)24/h2-5,8-13,15,24H,14,16H2,1H3,(H,27,30)(H,28,29). The highest BCUT2D eigenvalue weighted by molar-refractivity contribution is 5.91. The van der Waals surface area contributed by atoms with E-state index in [-0.39, 0.29) is 24.6 Å². The zero-order valence-corrected chi connectivity index (χ0v) is 17.4. The first kappa shape index (κ1) is 21.0. The molecule has 4 rings (SSSR count). The van der Waals surface area contributed by atoms with Crippen LogP contribution in [-0.4, -0.2) is 37.4 Å². The Labute approximate surface area is 185 Å². The van der Waals surface area contributed by atoms with Crippen molar-refractivity contribution in [3.8, 4) is 28.7 Å². The van der Waals surface area contributed by atoms with Crippen LogP contribution >= 0.6 is 0 Å². The van der Waals surface area contributed by atoms with Crippen LogP contribution in [0.4, 0.5) is 4.79 Å². The molecule has 0 radical (unpaired) electrons. The Kier molecular flexibility index (Phi) is 6.09. The molecule has 0 spiro atoms. The van der Waals surface area contributed by atoms with Crippen LogP contribution in [-0.2, 0) is 4.74 Å². The Morgan fingerprint density at radius 1 is 1.00 bits per heavy atom. The summed E-state index contributed by atoms with van der Waals surface area (Å²) in [5.74, 6) is 4.93. The van der Waals surface area contributed by atoms with Gasteiger partial charge in [0.2, 0.25) is 0 Å². The van der Waals surface area contributed by atoms with Gasteiger partial charge in [0.1, 0.15) is 12.4 Å². The molecule has 0 saturated carbocycles. The van der Waals surface area contributed by atoms with Crippen LogP contribution in [0.15, 0.2) is 66.7 Å². The van der Waals surface area contributed by atoms with E-state index >= 15 is 0 Å². The summed E-state index contributed by atoms with van der Waals surface area (Å²) in [6.07, 6.45) is -0.578. The quantitative estimate of drug-likeness (QED) is 0.594. The first-order valence-electron chi connectivity index (χ1n) is 10.1. The lowest BCUT2D eigenvalue weighted by Crippen LogP contribution is -2.26. The minimum Gasteiger partial charge on any atom is -0.497 e. The number of fused-ring (bicyclic) bond motifs is 3. The van der Waals surface area contributed by atoms with E-state index in [0.717, 1.165) is 22.3 Å². The van der Waals surface area contributed by atoms with Gasteiger partial charge in [-0.1, -0.05) is 60.4 Å². The largest absolute Gasteiger partial charge is 0.497 e. The summed E-state index contributed by atoms with van der Waals surface area (Å²) >= 11 is 0. The monoisotopic (exact) mass is 427 g/mol. The maximum atomic E-state index is 12.2. The van der Waals surface area contributed by atoms with Gasteiger partial charge in [0.15, 0.2) is 0 Å². The number of carboxylic acids is 1. The van der Waals surface area contributed by atoms with Crippen LogP contribution in [0.25, 0.3) is 11.1 Å². The van der Waals surface area contributed by atoms with Crippen molar-refractivity contribution in [2.24, 2.45) is 0 Å². The van der Waals surface area contributed by atoms with Crippen molar-refractivity contribution in [3.05, 3.63) is 89.0 Å². The van der Waals surface area contributed by atoms with Gasteiger partial charge in [-0.05, 0) is 40.5 Å². The number of carboxylic acid groups (broad SMARTS) is 1. The highest BCUT2D eigenvalue weighted by Gasteiger charge is 2.28. The van der Waals surface area contributed by atoms with Gasteiger partial charge in [-0.3, -0.25) is 0 Å². The molecule has 0 heterocycles. The predicted molar refractivity (Wildman–Crippen MR) is 120 cm³/mol. The number of hydrogen-bond donors (Lipinski definition) is 2. The second kappa shape index (κ2) is 9.27. The zero-order valence-electron chi connectivity index (χ0n) is 17.4. The Hall–Kier alpha value is -4.24. The maximum Gasteiger partial charge on any atom is 0.407 e. The van der Waals surface area contributed by atoms with Crippen molar-refractivity contribution in [2.45, 2.75) is 5.92 Å². The first-order valence-corrected chi connectivity index (χ1v) is 10.1. The molecule has 6 nitrogen and oxygen atoms in total. The average Bonchev–Trinajstić information content (AvgIpc) is 3.14. The van der Waals surface area contributed by atoms with E-state index in [1.54, 1.807) is 12.1 Å². The molecule has 3 aromatic rings. The van der Waals surface area contributed by atoms with Gasteiger partial charge in [-0.2, -0.15) is 0 Å². The topological polar surface area (TPSA) is 84.9 Å². The van der Waals surface area contributed by atoms with E-state index in [4.69, 9.17) is 9.47 Å². The number of carbonyl (C=O) groups excluding carboxylic acids is 1. The molecule has 6 heteroatoms. The molecular weight excluding hydrogens is 406 g/mol. The highest BCUT2D eigenvalue weighted by atomic mass is 16.5. The minimum atomic E-state index is -1.08. The molecule has 1 aliphatic carbocycles. The van der Waals surface area contributed by atoms with Crippen molar-refractivity contribution < 1.29 is 24.2 Å². The average molecular weight is 427 g/mol. The second-order valence-corrected chi connectivity index (χ2v) is 7.20. The van der Waals surface area contributed by atoms with Gasteiger partial charge in [0.25, 0.3) is 0 Å². The molecule has 0 aromatic heterocycles. The van der Waals surface area contributed by atoms with E-state index < -0.39 is 12.1 Å². The number of nitrogens with one attached hydrogen (secondary N) is 1. The van der Waals surface area contributed by atoms with Crippen LogP contribution in [0, 0.1) is 11.8 Å². The molecular formula is C26H21NO5. The van der Waals surface area contributed by atoms with Gasteiger partial charge in [0, 0.05) is 11.5 Å². The van der Waals surface area contributed by atoms with Crippen molar-refractivity contribution in [3.63, 3.8) is 0 Å². The van der Waals surface area contributed by atoms with Gasteiger partial charge in [-0.25, -0.2) is 9.59 Å². The number of alkyl carbamates (subject to hydrolysis) is 1. The highest BCUT2D eigenvalue weighted by Crippen LogP contribution is 2.44. The molecule has 0 unspecified atom stereocenters. The molecule has 1 aliphatic rings. The molecule has 160 valence electrons. The third-order valence-electron chi connectivity index (χ3n) is 5.34. The molecule has 0 atom stereocenters. The lowest BCUT2D eigenvalue weighted by atomic mass is 9.98. The maximum absolute atomic E-state index is 12.2. The number of carbonyl (C=O) groups is 2. The Morgan fingerprint density at radius 3 is 2.28 bits per heavy atom. The summed E-state index contributed by atoms with van der Waals surface area (Å²) in [6, 6.07) is 20.8. The number of methoxy groups -OCH3 is 1. The molecule has 0 saturated heterocycles. The smallest absolute Gasteiger partial charge is 0.407 e. The minimum absolute atomic E-state index is 0.0193. The Balaban J connectivity index is 1.37. The summed E-state index contributed by atoms with van der Waals surface area (Å²) in [7, 11) is 1.49. The number of rotatable bonds is 5. The fourth-order valence-corrected chi connectivity index (χ4v) is 3.85. The Bertz CT molecular complexity index is 1190. The first-order chi connectivity index (χ1) is 15.6. The van der Waals surface area contributed by atoms with Crippen molar-refractivity contribution >= 4 is 12.1 Å². The summed E-state index contributed by atoms with van der Waals surface area (Å²) in [5.41, 5.74) is 4.98. The van der Waals surface area contributed by atoms with Crippen molar-refractivity contribution in [1.82, 2.24) is 5.32 Å². The summed E-state index contributed by atoms with van der Waals surface area (Å²) in [4.78, 5) is 23.5. The summed E-state index contributed by atoms with van der Waals surface area (Å²) < 4.78 is 10.6. The van der Waals surface area contributed by atoms with E-state index in [2.05, 4.69) is 41.4 Å². The molecule has 32 heavy (non-hydrogen) atoms. The van der Waals surface area contributed by atoms with Crippen molar-refractivity contribution in [1.29, 1.82) is 0 Å². The summed E-state index contributed by atoms with van der Waals surface area (Å²) in [5, 5.41) is 11.9. The molecule has 3 aromatic carbocycles. The Morgan fingerprint density at radius 2 is 1.66 bits per heavy atom. The van der Waals surface area contributed by atoms with Gasteiger partial charge < -0.3 is 19.9 Å². The van der Waals surface area contributed by atoms with E-state index in [1.165, 1.54) is 13.2 Å². The number of benzene rings is 3. The normalized spacial score (nSPS) is 11.5. The molecule has 1 amide bonds. The molecule has 0 bridgehead atoms. The van der Waals surface area contributed by atoms with Gasteiger partial charge in [-0.15, -0.1) is 0 Å². The summed E-state index contributed by atoms with van der Waals surface area (Å²) in [6.45, 7) is 0.235. The number of aromatic carboxylic acids is 1. The lowest BCUT2D eigenvalue weighted by molar-refractivity contribution is 0.0696. The predicted octanol–water partition coefficient (Wildman–Crippen LogP) is 4.28. The van der Waals surface area contributed by atoms with Crippen LogP contribution in [0.2, 0.25) is 0 Å². The number of ether oxygens (including phenoxy) is 2. The second-order valence-electron chi connectivity index (χ2n) is 7.20. The van der Waals surface area contributed by atoms with E-state index in [1.807, 2.05) is 24.3 Å².